The minimum absolute atomic E-state index is 0.0371. The van der Waals surface area contributed by atoms with Crippen LogP contribution in [0.1, 0.15) is 13.3 Å². The number of ether oxygens (including phenoxy) is 1. The molecule has 6 heteroatoms. The van der Waals surface area contributed by atoms with Crippen LogP contribution in [0.3, 0.4) is 0 Å². The second-order valence-corrected chi connectivity index (χ2v) is 5.11. The Bertz CT molecular complexity index is 394. The van der Waals surface area contributed by atoms with Crippen LogP contribution in [0.4, 0.5) is 5.69 Å². The summed E-state index contributed by atoms with van der Waals surface area (Å²) in [5.41, 5.74) is 0.0371. The molecule has 0 saturated carbocycles. The SMILES string of the molecule is CCC(CBr)COc1cc([N+](=O)[O-])ccc1Br. The molecule has 1 aromatic rings. The molecule has 0 aliphatic carbocycles. The fourth-order valence-corrected chi connectivity index (χ4v) is 2.20. The molecule has 1 atom stereocenters. The average molecular weight is 367 g/mol. The van der Waals surface area contributed by atoms with E-state index in [1.165, 1.54) is 12.1 Å². The smallest absolute Gasteiger partial charge is 0.273 e. The molecule has 0 heterocycles. The van der Waals surface area contributed by atoms with Gasteiger partial charge in [0.25, 0.3) is 5.69 Å². The maximum Gasteiger partial charge on any atom is 0.273 e. The molecule has 0 aliphatic rings. The molecular formula is C11H13Br2NO3. The zero-order chi connectivity index (χ0) is 12.8. The molecule has 1 rings (SSSR count). The van der Waals surface area contributed by atoms with Crippen molar-refractivity contribution in [3.63, 3.8) is 0 Å². The van der Waals surface area contributed by atoms with E-state index < -0.39 is 4.92 Å². The average Bonchev–Trinajstić information content (AvgIpc) is 2.32. The van der Waals surface area contributed by atoms with Crippen molar-refractivity contribution in [3.05, 3.63) is 32.8 Å². The van der Waals surface area contributed by atoms with Crippen LogP contribution < -0.4 is 4.74 Å². The van der Waals surface area contributed by atoms with E-state index in [1.807, 2.05) is 0 Å². The molecular weight excluding hydrogens is 354 g/mol. The summed E-state index contributed by atoms with van der Waals surface area (Å²) in [5.74, 6) is 0.916. The van der Waals surface area contributed by atoms with E-state index >= 15 is 0 Å². The molecule has 0 fully saturated rings. The van der Waals surface area contributed by atoms with Gasteiger partial charge in [0.15, 0.2) is 0 Å². The number of rotatable bonds is 6. The zero-order valence-electron chi connectivity index (χ0n) is 9.36. The van der Waals surface area contributed by atoms with E-state index in [9.17, 15) is 10.1 Å². The maximum absolute atomic E-state index is 10.6. The van der Waals surface area contributed by atoms with Crippen molar-refractivity contribution in [2.75, 3.05) is 11.9 Å². The van der Waals surface area contributed by atoms with Gasteiger partial charge in [-0.15, -0.1) is 0 Å². The van der Waals surface area contributed by atoms with Gasteiger partial charge >= 0.3 is 0 Å². The summed E-state index contributed by atoms with van der Waals surface area (Å²) < 4.78 is 6.32. The van der Waals surface area contributed by atoms with Gasteiger partial charge in [0, 0.05) is 17.3 Å². The monoisotopic (exact) mass is 365 g/mol. The van der Waals surface area contributed by atoms with Gasteiger partial charge in [0.2, 0.25) is 0 Å². The van der Waals surface area contributed by atoms with Gasteiger partial charge in [-0.25, -0.2) is 0 Å². The molecule has 4 nitrogen and oxygen atoms in total. The van der Waals surface area contributed by atoms with Crippen molar-refractivity contribution in [1.29, 1.82) is 0 Å². The summed E-state index contributed by atoms with van der Waals surface area (Å²) in [6.45, 7) is 2.62. The van der Waals surface area contributed by atoms with Gasteiger partial charge in [0.05, 0.1) is 22.1 Å². The van der Waals surface area contributed by atoms with E-state index in [1.54, 1.807) is 6.07 Å². The summed E-state index contributed by atoms with van der Waals surface area (Å²) in [7, 11) is 0. The number of hydrogen-bond acceptors (Lipinski definition) is 3. The van der Waals surface area contributed by atoms with E-state index in [-0.39, 0.29) is 5.69 Å². The summed E-state index contributed by atoms with van der Waals surface area (Å²) >= 11 is 6.72. The first-order valence-electron chi connectivity index (χ1n) is 5.21. The lowest BCUT2D eigenvalue weighted by molar-refractivity contribution is -0.385. The second kappa shape index (κ2) is 6.96. The number of hydrogen-bond donors (Lipinski definition) is 0. The van der Waals surface area contributed by atoms with Crippen LogP contribution in [-0.4, -0.2) is 16.9 Å². The number of benzene rings is 1. The highest BCUT2D eigenvalue weighted by Crippen LogP contribution is 2.29. The first-order chi connectivity index (χ1) is 8.08. The summed E-state index contributed by atoms with van der Waals surface area (Å²) in [6, 6.07) is 4.51. The lowest BCUT2D eigenvalue weighted by atomic mass is 10.1. The Morgan fingerprint density at radius 2 is 2.24 bits per heavy atom. The predicted molar refractivity (Wildman–Crippen MR) is 73.9 cm³/mol. The maximum atomic E-state index is 10.6. The minimum Gasteiger partial charge on any atom is -0.492 e. The number of non-ortho nitro benzene ring substituents is 1. The number of halogens is 2. The largest absolute Gasteiger partial charge is 0.492 e. The molecule has 0 amide bonds. The van der Waals surface area contributed by atoms with Crippen LogP contribution in [0, 0.1) is 16.0 Å². The normalized spacial score (nSPS) is 12.2. The van der Waals surface area contributed by atoms with E-state index in [0.29, 0.717) is 18.3 Å². The van der Waals surface area contributed by atoms with Gasteiger partial charge in [-0.3, -0.25) is 10.1 Å². The molecule has 0 bridgehead atoms. The number of alkyl halides is 1. The molecule has 0 radical (unpaired) electrons. The standard InChI is InChI=1S/C11H13Br2NO3/c1-2-8(6-12)7-17-11-5-9(14(15)16)3-4-10(11)13/h3-5,8H,2,6-7H2,1H3. The molecule has 0 aliphatic heterocycles. The lowest BCUT2D eigenvalue weighted by Crippen LogP contribution is -2.12. The lowest BCUT2D eigenvalue weighted by Gasteiger charge is -2.13. The zero-order valence-corrected chi connectivity index (χ0v) is 12.5. The summed E-state index contributed by atoms with van der Waals surface area (Å²) in [5, 5.41) is 11.5. The number of nitro benzene ring substituents is 1. The third-order valence-corrected chi connectivity index (χ3v) is 3.97. The van der Waals surface area contributed by atoms with Crippen molar-refractivity contribution in [2.24, 2.45) is 5.92 Å². The highest BCUT2D eigenvalue weighted by Gasteiger charge is 2.12. The highest BCUT2D eigenvalue weighted by molar-refractivity contribution is 9.10. The van der Waals surface area contributed by atoms with Crippen LogP contribution in [0.2, 0.25) is 0 Å². The molecule has 1 unspecified atom stereocenters. The fraction of sp³-hybridized carbons (Fsp3) is 0.455. The molecule has 17 heavy (non-hydrogen) atoms. The topological polar surface area (TPSA) is 52.4 Å². The third kappa shape index (κ3) is 4.27. The summed E-state index contributed by atoms with van der Waals surface area (Å²) in [4.78, 5) is 10.2. The second-order valence-electron chi connectivity index (χ2n) is 3.61. The Hall–Kier alpha value is -0.620. The molecule has 0 aromatic heterocycles. The van der Waals surface area contributed by atoms with Crippen molar-refractivity contribution >= 4 is 37.5 Å². The van der Waals surface area contributed by atoms with Gasteiger partial charge in [-0.2, -0.15) is 0 Å². The molecule has 0 saturated heterocycles. The van der Waals surface area contributed by atoms with Gasteiger partial charge < -0.3 is 4.74 Å². The van der Waals surface area contributed by atoms with E-state index in [4.69, 9.17) is 4.74 Å². The number of nitro groups is 1. The van der Waals surface area contributed by atoms with Crippen molar-refractivity contribution in [1.82, 2.24) is 0 Å². The molecule has 1 aromatic carbocycles. The van der Waals surface area contributed by atoms with Crippen LogP contribution in [0.15, 0.2) is 22.7 Å². The van der Waals surface area contributed by atoms with Crippen LogP contribution in [0.5, 0.6) is 5.75 Å². The Balaban J connectivity index is 2.75. The predicted octanol–water partition coefficient (Wildman–Crippen LogP) is 4.16. The Morgan fingerprint density at radius 1 is 1.53 bits per heavy atom. The van der Waals surface area contributed by atoms with Gasteiger partial charge in [-0.05, 0) is 28.4 Å². The van der Waals surface area contributed by atoms with Gasteiger partial charge in [0.1, 0.15) is 5.75 Å². The first kappa shape index (κ1) is 14.4. The minimum atomic E-state index is -0.429. The van der Waals surface area contributed by atoms with Crippen LogP contribution >= 0.6 is 31.9 Å². The van der Waals surface area contributed by atoms with Crippen molar-refractivity contribution in [2.45, 2.75) is 13.3 Å². The van der Waals surface area contributed by atoms with Gasteiger partial charge in [-0.1, -0.05) is 22.9 Å². The van der Waals surface area contributed by atoms with Crippen molar-refractivity contribution < 1.29 is 9.66 Å². The third-order valence-electron chi connectivity index (χ3n) is 2.40. The van der Waals surface area contributed by atoms with E-state index in [0.717, 1.165) is 16.2 Å². The van der Waals surface area contributed by atoms with Crippen molar-refractivity contribution in [3.8, 4) is 5.75 Å². The Kier molecular flexibility index (Phi) is 5.91. The van der Waals surface area contributed by atoms with Crippen LogP contribution in [0.25, 0.3) is 0 Å². The first-order valence-corrected chi connectivity index (χ1v) is 7.12. The summed E-state index contributed by atoms with van der Waals surface area (Å²) in [6.07, 6.45) is 0.998. The highest BCUT2D eigenvalue weighted by atomic mass is 79.9. The Labute approximate surface area is 117 Å². The molecule has 94 valence electrons. The van der Waals surface area contributed by atoms with Crippen LogP contribution in [-0.2, 0) is 0 Å². The molecule has 0 spiro atoms. The number of nitrogens with zero attached hydrogens (tertiary/aromatic N) is 1. The quantitative estimate of drug-likeness (QED) is 0.431. The fourth-order valence-electron chi connectivity index (χ4n) is 1.20. The van der Waals surface area contributed by atoms with E-state index in [2.05, 4.69) is 38.8 Å². The molecule has 0 N–H and O–H groups in total. The Morgan fingerprint density at radius 3 is 2.76 bits per heavy atom.